The van der Waals surface area contributed by atoms with Crippen molar-refractivity contribution >= 4 is 60.8 Å². The molecule has 3 rings (SSSR count). The van der Waals surface area contributed by atoms with Crippen LogP contribution in [0.5, 0.6) is 17.2 Å². The number of thioether (sulfide) groups is 1. The van der Waals surface area contributed by atoms with Crippen molar-refractivity contribution in [3.8, 4) is 17.2 Å². The zero-order valence-electron chi connectivity index (χ0n) is 16.3. The van der Waals surface area contributed by atoms with Crippen LogP contribution in [0, 0.1) is 6.92 Å². The summed E-state index contributed by atoms with van der Waals surface area (Å²) in [6.45, 7) is 4.50. The third-order valence-electron chi connectivity index (χ3n) is 4.21. The predicted molar refractivity (Wildman–Crippen MR) is 124 cm³/mol. The number of hydrogen-bond donors (Lipinski definition) is 1. The van der Waals surface area contributed by atoms with Gasteiger partial charge in [-0.25, -0.2) is 0 Å². The number of nitrogens with zero attached hydrogens (tertiary/aromatic N) is 1. The molecule has 0 atom stereocenters. The molecular weight excluding hydrogens is 538 g/mol. The Hall–Kier alpha value is -1.97. The van der Waals surface area contributed by atoms with Gasteiger partial charge in [0.05, 0.1) is 22.5 Å². The van der Waals surface area contributed by atoms with Crippen LogP contribution < -0.4 is 9.47 Å². The first kappa shape index (κ1) is 22.7. The molecule has 2 amide bonds. The van der Waals surface area contributed by atoms with E-state index in [0.717, 1.165) is 17.3 Å². The SMILES string of the molecule is CCOc1cc(/C=C2\SC(=O)N(CCOc3cccc(C)c3)C2=O)c(Br)c(Br)c1O. The maximum Gasteiger partial charge on any atom is 0.293 e. The maximum absolute atomic E-state index is 12.7. The summed E-state index contributed by atoms with van der Waals surface area (Å²) in [6.07, 6.45) is 1.60. The Labute approximate surface area is 195 Å². The normalized spacial score (nSPS) is 15.2. The van der Waals surface area contributed by atoms with Crippen LogP contribution in [-0.2, 0) is 4.79 Å². The number of carbonyl (C=O) groups is 2. The van der Waals surface area contributed by atoms with Gasteiger partial charge in [-0.3, -0.25) is 14.5 Å². The first-order valence-corrected chi connectivity index (χ1v) is 11.5. The third kappa shape index (κ3) is 5.01. The number of benzene rings is 2. The number of hydrogen-bond acceptors (Lipinski definition) is 6. The highest BCUT2D eigenvalue weighted by molar-refractivity contribution is 9.13. The van der Waals surface area contributed by atoms with Gasteiger partial charge in [-0.05, 0) is 92.9 Å². The molecule has 30 heavy (non-hydrogen) atoms. The molecule has 2 aromatic rings. The van der Waals surface area contributed by atoms with Gasteiger partial charge in [-0.1, -0.05) is 12.1 Å². The number of phenols is 1. The second-order valence-electron chi connectivity index (χ2n) is 6.37. The van der Waals surface area contributed by atoms with Gasteiger partial charge < -0.3 is 14.6 Å². The van der Waals surface area contributed by atoms with E-state index in [4.69, 9.17) is 9.47 Å². The second kappa shape index (κ2) is 9.89. The minimum Gasteiger partial charge on any atom is -0.503 e. The summed E-state index contributed by atoms with van der Waals surface area (Å²) < 4.78 is 12.1. The summed E-state index contributed by atoms with van der Waals surface area (Å²) in [5, 5.41) is 9.82. The summed E-state index contributed by atoms with van der Waals surface area (Å²) in [4.78, 5) is 26.5. The van der Waals surface area contributed by atoms with Gasteiger partial charge in [0.2, 0.25) is 0 Å². The number of aryl methyl sites for hydroxylation is 1. The molecule has 0 bridgehead atoms. The van der Waals surface area contributed by atoms with E-state index in [1.165, 1.54) is 4.90 Å². The van der Waals surface area contributed by atoms with Crippen LogP contribution in [0.2, 0.25) is 0 Å². The molecule has 0 aromatic heterocycles. The zero-order valence-corrected chi connectivity index (χ0v) is 20.3. The quantitative estimate of drug-likeness (QED) is 0.438. The highest BCUT2D eigenvalue weighted by Crippen LogP contribution is 2.43. The molecule has 0 radical (unpaired) electrons. The fourth-order valence-corrected chi connectivity index (χ4v) is 4.47. The lowest BCUT2D eigenvalue weighted by atomic mass is 10.2. The molecule has 1 aliphatic rings. The van der Waals surface area contributed by atoms with Crippen molar-refractivity contribution in [1.82, 2.24) is 4.90 Å². The summed E-state index contributed by atoms with van der Waals surface area (Å²) >= 11 is 7.58. The Morgan fingerprint density at radius 2 is 1.93 bits per heavy atom. The molecule has 0 aliphatic carbocycles. The topological polar surface area (TPSA) is 76.1 Å². The molecule has 158 valence electrons. The van der Waals surface area contributed by atoms with Crippen LogP contribution in [0.1, 0.15) is 18.1 Å². The summed E-state index contributed by atoms with van der Waals surface area (Å²) in [5.74, 6) is 0.553. The first-order chi connectivity index (χ1) is 14.3. The van der Waals surface area contributed by atoms with Crippen LogP contribution in [0.4, 0.5) is 4.79 Å². The predicted octanol–water partition coefficient (Wildman–Crippen LogP) is 5.74. The first-order valence-electron chi connectivity index (χ1n) is 9.10. The smallest absolute Gasteiger partial charge is 0.293 e. The van der Waals surface area contributed by atoms with Gasteiger partial charge in [0.1, 0.15) is 12.4 Å². The Morgan fingerprint density at radius 1 is 1.17 bits per heavy atom. The lowest BCUT2D eigenvalue weighted by Crippen LogP contribution is -2.32. The van der Waals surface area contributed by atoms with Crippen LogP contribution in [-0.4, -0.2) is 40.9 Å². The fraction of sp³-hybridized carbons (Fsp3) is 0.238. The Balaban J connectivity index is 1.75. The van der Waals surface area contributed by atoms with E-state index >= 15 is 0 Å². The van der Waals surface area contributed by atoms with E-state index in [-0.39, 0.29) is 40.7 Å². The number of phenolic OH excluding ortho intramolecular Hbond substituents is 1. The second-order valence-corrected chi connectivity index (χ2v) is 8.95. The monoisotopic (exact) mass is 555 g/mol. The summed E-state index contributed by atoms with van der Waals surface area (Å²) in [5.41, 5.74) is 1.67. The van der Waals surface area contributed by atoms with E-state index in [1.54, 1.807) is 19.1 Å². The lowest BCUT2D eigenvalue weighted by molar-refractivity contribution is -0.123. The van der Waals surface area contributed by atoms with Gasteiger partial charge >= 0.3 is 0 Å². The zero-order chi connectivity index (χ0) is 21.8. The van der Waals surface area contributed by atoms with Crippen molar-refractivity contribution in [2.24, 2.45) is 0 Å². The lowest BCUT2D eigenvalue weighted by Gasteiger charge is -2.13. The van der Waals surface area contributed by atoms with E-state index in [2.05, 4.69) is 31.9 Å². The van der Waals surface area contributed by atoms with E-state index < -0.39 is 0 Å². The Morgan fingerprint density at radius 3 is 2.63 bits per heavy atom. The van der Waals surface area contributed by atoms with Gasteiger partial charge in [0.15, 0.2) is 11.5 Å². The molecule has 1 N–H and O–H groups in total. The van der Waals surface area contributed by atoms with Crippen LogP contribution in [0.25, 0.3) is 6.08 Å². The minimum atomic E-state index is -0.383. The standard InChI is InChI=1S/C21H19Br2NO5S/c1-3-28-15-10-13(17(22)18(23)19(15)25)11-16-20(26)24(21(27)30-16)7-8-29-14-6-4-5-12(2)9-14/h4-6,9-11,25H,3,7-8H2,1-2H3/b16-11-. The largest absolute Gasteiger partial charge is 0.503 e. The molecule has 1 heterocycles. The molecular formula is C21H19Br2NO5S. The highest BCUT2D eigenvalue weighted by Gasteiger charge is 2.35. The van der Waals surface area contributed by atoms with Crippen LogP contribution >= 0.6 is 43.6 Å². The summed E-state index contributed by atoms with van der Waals surface area (Å²) in [6, 6.07) is 9.19. The van der Waals surface area contributed by atoms with Crippen LogP contribution in [0.3, 0.4) is 0 Å². The minimum absolute atomic E-state index is 0.0396. The van der Waals surface area contributed by atoms with Crippen molar-refractivity contribution in [3.05, 3.63) is 55.3 Å². The van der Waals surface area contributed by atoms with Gasteiger partial charge in [-0.2, -0.15) is 0 Å². The molecule has 2 aromatic carbocycles. The van der Waals surface area contributed by atoms with E-state index in [1.807, 2.05) is 31.2 Å². The van der Waals surface area contributed by atoms with Crippen LogP contribution in [0.15, 0.2) is 44.2 Å². The molecule has 0 spiro atoms. The molecule has 0 unspecified atom stereocenters. The molecule has 0 saturated carbocycles. The number of carbonyl (C=O) groups excluding carboxylic acids is 2. The van der Waals surface area contributed by atoms with Crippen molar-refractivity contribution in [2.45, 2.75) is 13.8 Å². The molecule has 9 heteroatoms. The van der Waals surface area contributed by atoms with E-state index in [0.29, 0.717) is 26.9 Å². The molecule has 1 aliphatic heterocycles. The number of amides is 2. The van der Waals surface area contributed by atoms with E-state index in [9.17, 15) is 14.7 Å². The number of aromatic hydroxyl groups is 1. The number of halogens is 2. The van der Waals surface area contributed by atoms with Crippen molar-refractivity contribution in [1.29, 1.82) is 0 Å². The maximum atomic E-state index is 12.7. The van der Waals surface area contributed by atoms with Crippen molar-refractivity contribution < 1.29 is 24.2 Å². The molecule has 6 nitrogen and oxygen atoms in total. The molecule has 1 fully saturated rings. The van der Waals surface area contributed by atoms with Crippen molar-refractivity contribution in [2.75, 3.05) is 19.8 Å². The number of ether oxygens (including phenoxy) is 2. The van der Waals surface area contributed by atoms with Gasteiger partial charge in [0, 0.05) is 4.47 Å². The Kier molecular flexibility index (Phi) is 7.49. The fourth-order valence-electron chi connectivity index (χ4n) is 2.78. The molecule has 1 saturated heterocycles. The Bertz CT molecular complexity index is 1020. The van der Waals surface area contributed by atoms with Gasteiger partial charge in [0.25, 0.3) is 11.1 Å². The average molecular weight is 557 g/mol. The van der Waals surface area contributed by atoms with Gasteiger partial charge in [-0.15, -0.1) is 0 Å². The number of imide groups is 1. The third-order valence-corrected chi connectivity index (χ3v) is 7.27. The highest BCUT2D eigenvalue weighted by atomic mass is 79.9. The number of rotatable bonds is 7. The van der Waals surface area contributed by atoms with Crippen molar-refractivity contribution in [3.63, 3.8) is 0 Å². The average Bonchev–Trinajstić information content (AvgIpc) is 2.97. The summed E-state index contributed by atoms with van der Waals surface area (Å²) in [7, 11) is 0.